The van der Waals surface area contributed by atoms with Crippen LogP contribution in [-0.2, 0) is 0 Å². The van der Waals surface area contributed by atoms with Crippen LogP contribution in [0.25, 0.3) is 0 Å². The summed E-state index contributed by atoms with van der Waals surface area (Å²) in [4.78, 5) is 2.50. The molecule has 0 aromatic heterocycles. The van der Waals surface area contributed by atoms with Gasteiger partial charge in [0.25, 0.3) is 0 Å². The van der Waals surface area contributed by atoms with Gasteiger partial charge in [-0.05, 0) is 44.9 Å². The number of hydrogen-bond donors (Lipinski definition) is 1. The largest absolute Gasteiger partial charge is 0.370 e. The summed E-state index contributed by atoms with van der Waals surface area (Å²) in [6.45, 7) is 7.86. The van der Waals surface area contributed by atoms with Crippen molar-refractivity contribution in [2.75, 3.05) is 24.5 Å². The van der Waals surface area contributed by atoms with Crippen molar-refractivity contribution in [1.82, 2.24) is 5.32 Å². The number of para-hydroxylation sites is 1. The zero-order valence-corrected chi connectivity index (χ0v) is 11.1. The molecule has 1 aromatic carbocycles. The summed E-state index contributed by atoms with van der Waals surface area (Å²) in [5, 5.41) is 3.63. The van der Waals surface area contributed by atoms with Crippen LogP contribution in [0.5, 0.6) is 0 Å². The Morgan fingerprint density at radius 2 is 2.12 bits per heavy atom. The maximum Gasteiger partial charge on any atom is 0.0396 e. The van der Waals surface area contributed by atoms with Crippen molar-refractivity contribution in [3.05, 3.63) is 29.8 Å². The van der Waals surface area contributed by atoms with Crippen molar-refractivity contribution < 1.29 is 0 Å². The van der Waals surface area contributed by atoms with Crippen LogP contribution in [-0.4, -0.2) is 25.7 Å². The van der Waals surface area contributed by atoms with Crippen LogP contribution in [0.1, 0.15) is 31.7 Å². The van der Waals surface area contributed by atoms with E-state index in [2.05, 4.69) is 48.3 Å². The third-order valence-corrected chi connectivity index (χ3v) is 3.69. The molecule has 1 unspecified atom stereocenters. The van der Waals surface area contributed by atoms with E-state index in [-0.39, 0.29) is 0 Å². The van der Waals surface area contributed by atoms with E-state index in [1.54, 1.807) is 0 Å². The van der Waals surface area contributed by atoms with Gasteiger partial charge in [-0.1, -0.05) is 24.6 Å². The molecule has 1 heterocycles. The molecule has 1 fully saturated rings. The third kappa shape index (κ3) is 3.22. The van der Waals surface area contributed by atoms with E-state index in [1.807, 2.05) is 0 Å². The number of piperidine rings is 1. The standard InChI is InChI=1S/C15H24N2/c1-3-17(12-14-9-6-7-11-16-14)15-10-5-4-8-13(15)2/h4-5,8,10,14,16H,3,6-7,9,11-12H2,1-2H3. The molecule has 2 rings (SSSR count). The number of aryl methyl sites for hydroxylation is 1. The molecule has 94 valence electrons. The minimum atomic E-state index is 0.670. The highest BCUT2D eigenvalue weighted by atomic mass is 15.2. The summed E-state index contributed by atoms with van der Waals surface area (Å²) in [7, 11) is 0. The molecule has 0 radical (unpaired) electrons. The lowest BCUT2D eigenvalue weighted by Gasteiger charge is -2.32. The monoisotopic (exact) mass is 232 g/mol. The van der Waals surface area contributed by atoms with E-state index in [9.17, 15) is 0 Å². The van der Waals surface area contributed by atoms with Crippen molar-refractivity contribution in [3.8, 4) is 0 Å². The number of nitrogens with one attached hydrogen (secondary N) is 1. The minimum Gasteiger partial charge on any atom is -0.370 e. The quantitative estimate of drug-likeness (QED) is 0.858. The third-order valence-electron chi connectivity index (χ3n) is 3.69. The molecule has 2 heteroatoms. The van der Waals surface area contributed by atoms with Crippen LogP contribution >= 0.6 is 0 Å². The van der Waals surface area contributed by atoms with Crippen molar-refractivity contribution in [3.63, 3.8) is 0 Å². The molecule has 0 amide bonds. The van der Waals surface area contributed by atoms with E-state index < -0.39 is 0 Å². The van der Waals surface area contributed by atoms with Gasteiger partial charge in [-0.15, -0.1) is 0 Å². The maximum absolute atomic E-state index is 3.63. The predicted molar refractivity (Wildman–Crippen MR) is 74.7 cm³/mol. The lowest BCUT2D eigenvalue weighted by atomic mass is 10.0. The zero-order chi connectivity index (χ0) is 12.1. The highest BCUT2D eigenvalue weighted by molar-refractivity contribution is 5.53. The van der Waals surface area contributed by atoms with Crippen molar-refractivity contribution in [2.24, 2.45) is 0 Å². The Hall–Kier alpha value is -1.02. The Labute approximate surface area is 105 Å². The van der Waals surface area contributed by atoms with Crippen LogP contribution in [0.15, 0.2) is 24.3 Å². The van der Waals surface area contributed by atoms with Gasteiger partial charge in [0.05, 0.1) is 0 Å². The van der Waals surface area contributed by atoms with Crippen molar-refractivity contribution in [2.45, 2.75) is 39.2 Å². The van der Waals surface area contributed by atoms with Gasteiger partial charge < -0.3 is 10.2 Å². The number of anilines is 1. The minimum absolute atomic E-state index is 0.670. The summed E-state index contributed by atoms with van der Waals surface area (Å²) in [6, 6.07) is 9.36. The molecule has 0 aliphatic carbocycles. The average Bonchev–Trinajstić information content (AvgIpc) is 2.38. The van der Waals surface area contributed by atoms with Crippen LogP contribution in [0.2, 0.25) is 0 Å². The first-order valence-electron chi connectivity index (χ1n) is 6.85. The number of likely N-dealkylation sites (N-methyl/N-ethyl adjacent to an activating group) is 1. The first-order valence-corrected chi connectivity index (χ1v) is 6.85. The molecule has 0 saturated carbocycles. The lowest BCUT2D eigenvalue weighted by molar-refractivity contribution is 0.400. The van der Waals surface area contributed by atoms with E-state index in [0.29, 0.717) is 6.04 Å². The van der Waals surface area contributed by atoms with Crippen molar-refractivity contribution >= 4 is 5.69 Å². The van der Waals surface area contributed by atoms with Gasteiger partial charge in [0.1, 0.15) is 0 Å². The number of rotatable bonds is 4. The summed E-state index contributed by atoms with van der Waals surface area (Å²) < 4.78 is 0. The molecule has 1 aliphatic rings. The lowest BCUT2D eigenvalue weighted by Crippen LogP contribution is -2.43. The predicted octanol–water partition coefficient (Wildman–Crippen LogP) is 2.96. The molecular formula is C15H24N2. The molecule has 0 spiro atoms. The Morgan fingerprint density at radius 3 is 2.76 bits per heavy atom. The fourth-order valence-electron chi connectivity index (χ4n) is 2.66. The fraction of sp³-hybridized carbons (Fsp3) is 0.600. The van der Waals surface area contributed by atoms with E-state index in [0.717, 1.165) is 13.1 Å². The zero-order valence-electron chi connectivity index (χ0n) is 11.1. The fourth-order valence-corrected chi connectivity index (χ4v) is 2.66. The molecular weight excluding hydrogens is 208 g/mol. The smallest absolute Gasteiger partial charge is 0.0396 e. The summed E-state index contributed by atoms with van der Waals surface area (Å²) in [5.74, 6) is 0. The Kier molecular flexibility index (Phi) is 4.43. The first-order chi connectivity index (χ1) is 8.31. The molecule has 1 N–H and O–H groups in total. The molecule has 1 saturated heterocycles. The number of nitrogens with zero attached hydrogens (tertiary/aromatic N) is 1. The number of hydrogen-bond acceptors (Lipinski definition) is 2. The number of benzene rings is 1. The molecule has 1 aliphatic heterocycles. The van der Waals surface area contributed by atoms with Gasteiger partial charge in [0.2, 0.25) is 0 Å². The normalized spacial score (nSPS) is 20.2. The Balaban J connectivity index is 2.03. The van der Waals surface area contributed by atoms with Crippen LogP contribution in [0.3, 0.4) is 0 Å². The second-order valence-electron chi connectivity index (χ2n) is 4.97. The summed E-state index contributed by atoms with van der Waals surface area (Å²) in [6.07, 6.45) is 4.04. The van der Waals surface area contributed by atoms with Crippen LogP contribution in [0.4, 0.5) is 5.69 Å². The van der Waals surface area contributed by atoms with E-state index in [4.69, 9.17) is 0 Å². The van der Waals surface area contributed by atoms with Gasteiger partial charge >= 0.3 is 0 Å². The van der Waals surface area contributed by atoms with Gasteiger partial charge in [-0.25, -0.2) is 0 Å². The molecule has 0 bridgehead atoms. The average molecular weight is 232 g/mol. The molecule has 17 heavy (non-hydrogen) atoms. The topological polar surface area (TPSA) is 15.3 Å². The molecule has 2 nitrogen and oxygen atoms in total. The molecule has 1 aromatic rings. The SMILES string of the molecule is CCN(CC1CCCCN1)c1ccccc1C. The summed E-state index contributed by atoms with van der Waals surface area (Å²) in [5.41, 5.74) is 2.77. The van der Waals surface area contributed by atoms with Crippen LogP contribution < -0.4 is 10.2 Å². The van der Waals surface area contributed by atoms with Gasteiger partial charge in [-0.2, -0.15) is 0 Å². The van der Waals surface area contributed by atoms with E-state index >= 15 is 0 Å². The van der Waals surface area contributed by atoms with Gasteiger partial charge in [-0.3, -0.25) is 0 Å². The maximum atomic E-state index is 3.63. The second kappa shape index (κ2) is 6.06. The first kappa shape index (κ1) is 12.4. The van der Waals surface area contributed by atoms with Crippen LogP contribution in [0, 0.1) is 6.92 Å². The van der Waals surface area contributed by atoms with E-state index in [1.165, 1.54) is 37.1 Å². The van der Waals surface area contributed by atoms with Gasteiger partial charge in [0.15, 0.2) is 0 Å². The highest BCUT2D eigenvalue weighted by Gasteiger charge is 2.16. The second-order valence-corrected chi connectivity index (χ2v) is 4.97. The Bertz CT molecular complexity index is 343. The molecule has 1 atom stereocenters. The summed E-state index contributed by atoms with van der Waals surface area (Å²) >= 11 is 0. The highest BCUT2D eigenvalue weighted by Crippen LogP contribution is 2.20. The van der Waals surface area contributed by atoms with Gasteiger partial charge in [0, 0.05) is 24.8 Å². The van der Waals surface area contributed by atoms with Crippen molar-refractivity contribution in [1.29, 1.82) is 0 Å². The Morgan fingerprint density at radius 1 is 1.29 bits per heavy atom.